The molecule has 9 rings (SSSR count). The predicted octanol–water partition coefficient (Wildman–Crippen LogP) is 8.14. The van der Waals surface area contributed by atoms with Gasteiger partial charge in [-0.3, -0.25) is 9.59 Å². The Kier molecular flexibility index (Phi) is 11.6. The second kappa shape index (κ2) is 15.6. The number of thiophene rings is 4. The topological polar surface area (TPSA) is 34.1 Å². The summed E-state index contributed by atoms with van der Waals surface area (Å²) < 4.78 is 2.76. The summed E-state index contributed by atoms with van der Waals surface area (Å²) >= 11 is 6.36. The largest absolute Gasteiger partial charge is 2.00 e. The van der Waals surface area contributed by atoms with E-state index in [0.717, 1.165) is 0 Å². The first-order valence-corrected chi connectivity index (χ1v) is 17.4. The van der Waals surface area contributed by atoms with Gasteiger partial charge in [-0.1, -0.05) is 60.7 Å². The fraction of sp³-hybridized carbons (Fsp3) is 0. The molecule has 0 unspecified atom stereocenters. The summed E-state index contributed by atoms with van der Waals surface area (Å²) in [7, 11) is 0. The predicted molar refractivity (Wildman–Crippen MR) is 195 cm³/mol. The van der Waals surface area contributed by atoms with Gasteiger partial charge in [0.15, 0.2) is 0 Å². The normalized spacial score (nSPS) is 11.2. The van der Waals surface area contributed by atoms with Crippen LogP contribution in [-0.2, 0) is 0 Å². The molecule has 8 aromatic rings. The van der Waals surface area contributed by atoms with Crippen LogP contribution in [0.15, 0.2) is 137 Å². The van der Waals surface area contributed by atoms with E-state index in [1.165, 1.54) is 65.1 Å². The van der Waals surface area contributed by atoms with E-state index in [2.05, 4.69) is 89.6 Å². The van der Waals surface area contributed by atoms with Crippen molar-refractivity contribution in [1.82, 2.24) is 0 Å². The van der Waals surface area contributed by atoms with Crippen LogP contribution in [0, 0.1) is 6.07 Å². The maximum Gasteiger partial charge on any atom is 2.00 e. The molecule has 0 bridgehead atoms. The number of hydrogen-bond donors (Lipinski definition) is 0. The fourth-order valence-electron chi connectivity index (χ4n) is 5.34. The van der Waals surface area contributed by atoms with Crippen LogP contribution in [0.4, 0.5) is 0 Å². The Balaban J connectivity index is 0.000000160. The van der Waals surface area contributed by atoms with Crippen LogP contribution in [0.2, 0.25) is 0 Å². The van der Waals surface area contributed by atoms with Gasteiger partial charge in [0, 0.05) is 42.4 Å². The van der Waals surface area contributed by atoms with Gasteiger partial charge in [-0.2, -0.15) is 36.4 Å². The van der Waals surface area contributed by atoms with Crippen LogP contribution < -0.4 is 17.0 Å². The summed E-state index contributed by atoms with van der Waals surface area (Å²) in [6.45, 7) is 0. The molecule has 8 heteroatoms. The molecule has 0 saturated heterocycles. The molecule has 220 valence electrons. The van der Waals surface area contributed by atoms with Crippen molar-refractivity contribution >= 4 is 100 Å². The minimum absolute atomic E-state index is 0. The number of carbonyl (C=O) groups is 2. The van der Waals surface area contributed by atoms with Crippen LogP contribution in [0.5, 0.6) is 0 Å². The molecular formula is C38H23BrMgO2S4. The Hall–Kier alpha value is -3.21. The molecule has 0 N–H and O–H groups in total. The minimum Gasteiger partial charge on any atom is -1.00 e. The average molecular weight is 744 g/mol. The van der Waals surface area contributed by atoms with Crippen LogP contribution in [0.1, 0.15) is 30.5 Å². The van der Waals surface area contributed by atoms with Crippen molar-refractivity contribution in [2.24, 2.45) is 0 Å². The van der Waals surface area contributed by atoms with Gasteiger partial charge in [0.2, 0.25) is 11.6 Å². The van der Waals surface area contributed by atoms with Crippen molar-refractivity contribution in [3.63, 3.8) is 0 Å². The van der Waals surface area contributed by atoms with E-state index >= 15 is 0 Å². The van der Waals surface area contributed by atoms with Gasteiger partial charge >= 0.3 is 23.1 Å². The zero-order valence-electron chi connectivity index (χ0n) is 24.3. The van der Waals surface area contributed by atoms with Crippen molar-refractivity contribution in [1.29, 1.82) is 0 Å². The first kappa shape index (κ1) is 34.1. The molecule has 0 saturated carbocycles. The quantitative estimate of drug-likeness (QED) is 0.132. The Morgan fingerprint density at radius 3 is 1.22 bits per heavy atom. The monoisotopic (exact) mass is 742 g/mol. The molecule has 0 aliphatic heterocycles. The molecule has 4 heterocycles. The first-order valence-electron chi connectivity index (χ1n) is 13.9. The van der Waals surface area contributed by atoms with Gasteiger partial charge in [-0.15, -0.1) is 45.3 Å². The molecule has 4 aromatic carbocycles. The van der Waals surface area contributed by atoms with Crippen molar-refractivity contribution in [3.8, 4) is 22.3 Å². The van der Waals surface area contributed by atoms with E-state index in [0.29, 0.717) is 20.9 Å². The van der Waals surface area contributed by atoms with Crippen molar-refractivity contribution in [2.45, 2.75) is 0 Å². The summed E-state index contributed by atoms with van der Waals surface area (Å²) in [5.74, 6) is -0.0169. The molecule has 0 atom stereocenters. The van der Waals surface area contributed by atoms with Crippen molar-refractivity contribution in [3.05, 3.63) is 164 Å². The summed E-state index contributed by atoms with van der Waals surface area (Å²) in [6, 6.07) is 42.0. The smallest absolute Gasteiger partial charge is 1.00 e. The van der Waals surface area contributed by atoms with Crippen molar-refractivity contribution < 1.29 is 26.6 Å². The first-order chi connectivity index (χ1) is 21.7. The molecule has 0 spiro atoms. The second-order valence-electron chi connectivity index (χ2n) is 9.87. The van der Waals surface area contributed by atoms with Gasteiger partial charge in [0.1, 0.15) is 0 Å². The number of halogens is 1. The molecule has 46 heavy (non-hydrogen) atoms. The van der Waals surface area contributed by atoms with Gasteiger partial charge in [0.25, 0.3) is 0 Å². The SMILES string of the molecule is O=C1c2ccsc2C(=O)c2ccsc21.[Br-].[Mg+2].[c-]1ccccc1.c1ccc(-c2c3ccsc3c(-c3ccccc3)c3ccsc23)cc1. The molecule has 2 nitrogen and oxygen atoms in total. The summed E-state index contributed by atoms with van der Waals surface area (Å²) in [5.41, 5.74) is 6.47. The van der Waals surface area contributed by atoms with Crippen LogP contribution >= 0.6 is 45.3 Å². The number of carbonyl (C=O) groups excluding carboxylic acids is 2. The second-order valence-corrected chi connectivity index (χ2v) is 13.5. The number of rotatable bonds is 2. The third kappa shape index (κ3) is 6.62. The van der Waals surface area contributed by atoms with Crippen LogP contribution in [0.25, 0.3) is 42.4 Å². The Morgan fingerprint density at radius 2 is 0.848 bits per heavy atom. The Bertz CT molecular complexity index is 1960. The van der Waals surface area contributed by atoms with Crippen LogP contribution in [0.3, 0.4) is 0 Å². The van der Waals surface area contributed by atoms with Crippen molar-refractivity contribution in [2.75, 3.05) is 0 Å². The minimum atomic E-state index is -0.00847. The van der Waals surface area contributed by atoms with Crippen LogP contribution in [-0.4, -0.2) is 34.6 Å². The standard InChI is InChI=1S/C22H14S2.C10H4O2S2.C6H5.BrH.Mg/c1-3-7-15(8-4-1)19-17-11-13-24-22(17)20(16-9-5-2-6-10-16)18-12-14-23-21(18)19;11-7-5-1-3-13-9(5)8(12)6-2-4-14-10(6)7;1-2-4-6-5-3-1;;/h1-14H;1-4H;1-5H;1H;/q;;-1;;+2/p-1. The van der Waals surface area contributed by atoms with E-state index < -0.39 is 0 Å². The van der Waals surface area contributed by atoms with Gasteiger partial charge in [-0.25, -0.2) is 0 Å². The number of benzene rings is 4. The van der Waals surface area contributed by atoms with E-state index in [4.69, 9.17) is 0 Å². The zero-order chi connectivity index (χ0) is 29.9. The Labute approximate surface area is 309 Å². The molecule has 1 aliphatic carbocycles. The van der Waals surface area contributed by atoms with E-state index in [1.807, 2.05) is 53.0 Å². The molecular weight excluding hydrogens is 721 g/mol. The molecule has 0 radical (unpaired) electrons. The van der Waals surface area contributed by atoms with Gasteiger partial charge in [-0.05, 0) is 56.9 Å². The maximum absolute atomic E-state index is 11.8. The molecule has 4 aromatic heterocycles. The summed E-state index contributed by atoms with van der Waals surface area (Å²) in [6.07, 6.45) is 0. The zero-order valence-corrected chi connectivity index (χ0v) is 30.6. The van der Waals surface area contributed by atoms with Gasteiger partial charge in [0.05, 0.1) is 9.75 Å². The number of hydrogen-bond acceptors (Lipinski definition) is 6. The summed E-state index contributed by atoms with van der Waals surface area (Å²) in [5, 5.41) is 10.7. The maximum atomic E-state index is 11.8. The molecule has 1 aliphatic rings. The fourth-order valence-corrected chi connectivity index (χ4v) is 9.00. The third-order valence-electron chi connectivity index (χ3n) is 7.29. The Morgan fingerprint density at radius 1 is 0.457 bits per heavy atom. The van der Waals surface area contributed by atoms with E-state index in [-0.39, 0.29) is 51.6 Å². The molecule has 0 amide bonds. The van der Waals surface area contributed by atoms with E-state index in [9.17, 15) is 9.59 Å². The average Bonchev–Trinajstić information content (AvgIpc) is 3.91. The van der Waals surface area contributed by atoms with Gasteiger partial charge < -0.3 is 17.0 Å². The summed E-state index contributed by atoms with van der Waals surface area (Å²) in [4.78, 5) is 24.8. The molecule has 0 fully saturated rings. The third-order valence-corrected chi connectivity index (χ3v) is 11.0. The van der Waals surface area contributed by atoms with E-state index in [1.54, 1.807) is 22.9 Å². The number of fused-ring (bicyclic) bond motifs is 4. The number of ketones is 2.